The third-order valence-corrected chi connectivity index (χ3v) is 6.76. The number of carbonyl (C=O) groups excluding carboxylic acids is 1. The van der Waals surface area contributed by atoms with Crippen LogP contribution >= 0.6 is 11.9 Å². The Morgan fingerprint density at radius 3 is 2.53 bits per heavy atom. The highest BCUT2D eigenvalue weighted by atomic mass is 32.2. The molecule has 0 bridgehead atoms. The molecule has 7 nitrogen and oxygen atoms in total. The summed E-state index contributed by atoms with van der Waals surface area (Å²) in [6, 6.07) is 6.07. The van der Waals surface area contributed by atoms with Crippen LogP contribution in [0.3, 0.4) is 0 Å². The van der Waals surface area contributed by atoms with Crippen molar-refractivity contribution in [1.82, 2.24) is 19.9 Å². The van der Waals surface area contributed by atoms with Crippen molar-refractivity contribution in [2.75, 3.05) is 21.5 Å². The molecule has 0 saturated carbocycles. The van der Waals surface area contributed by atoms with Gasteiger partial charge in [-0.15, -0.1) is 0 Å². The van der Waals surface area contributed by atoms with E-state index in [0.29, 0.717) is 5.82 Å². The van der Waals surface area contributed by atoms with Gasteiger partial charge in [0.05, 0.1) is 23.5 Å². The SMILES string of the molecule is Cc1ncc(-c2ccc3c(c2)N(c2cncc(N4CCCS4)n2)C(=O)C3(C)C)cn1. The Hall–Kier alpha value is -3.00. The topological polar surface area (TPSA) is 75.1 Å². The largest absolute Gasteiger partial charge is 0.299 e. The Balaban J connectivity index is 1.61. The van der Waals surface area contributed by atoms with Gasteiger partial charge in [-0.2, -0.15) is 0 Å². The average Bonchev–Trinajstić information content (AvgIpc) is 3.35. The molecule has 4 heterocycles. The quantitative estimate of drug-likeness (QED) is 0.594. The number of benzene rings is 1. The number of nitrogens with zero attached hydrogens (tertiary/aromatic N) is 6. The van der Waals surface area contributed by atoms with Gasteiger partial charge < -0.3 is 0 Å². The van der Waals surface area contributed by atoms with Gasteiger partial charge in [0.15, 0.2) is 11.6 Å². The van der Waals surface area contributed by atoms with Crippen LogP contribution in [0.4, 0.5) is 17.3 Å². The molecule has 0 aliphatic carbocycles. The van der Waals surface area contributed by atoms with E-state index in [-0.39, 0.29) is 5.91 Å². The minimum atomic E-state index is -0.641. The average molecular weight is 419 g/mol. The van der Waals surface area contributed by atoms with Crippen molar-refractivity contribution in [2.45, 2.75) is 32.6 Å². The monoisotopic (exact) mass is 418 g/mol. The summed E-state index contributed by atoms with van der Waals surface area (Å²) in [7, 11) is 0. The maximum atomic E-state index is 13.4. The van der Waals surface area contributed by atoms with E-state index >= 15 is 0 Å². The summed E-state index contributed by atoms with van der Waals surface area (Å²) >= 11 is 1.75. The minimum Gasteiger partial charge on any atom is -0.299 e. The molecule has 1 aromatic carbocycles. The normalized spacial score (nSPS) is 17.5. The summed E-state index contributed by atoms with van der Waals surface area (Å²) in [5.41, 5.74) is 3.05. The van der Waals surface area contributed by atoms with Crippen LogP contribution in [0.15, 0.2) is 43.0 Å². The molecule has 0 atom stereocenters. The molecule has 0 unspecified atom stereocenters. The first-order chi connectivity index (χ1) is 14.4. The van der Waals surface area contributed by atoms with E-state index in [4.69, 9.17) is 4.98 Å². The lowest BCUT2D eigenvalue weighted by Crippen LogP contribution is -2.33. The molecular weight excluding hydrogens is 396 g/mol. The number of amides is 1. The highest BCUT2D eigenvalue weighted by Crippen LogP contribution is 2.46. The first-order valence-corrected chi connectivity index (χ1v) is 10.9. The lowest BCUT2D eigenvalue weighted by Gasteiger charge is -2.21. The highest BCUT2D eigenvalue weighted by molar-refractivity contribution is 8.00. The number of aryl methyl sites for hydroxylation is 1. The Morgan fingerprint density at radius 2 is 1.80 bits per heavy atom. The minimum absolute atomic E-state index is 0.00432. The van der Waals surface area contributed by atoms with Crippen molar-refractivity contribution in [3.63, 3.8) is 0 Å². The lowest BCUT2D eigenvalue weighted by atomic mass is 9.85. The van der Waals surface area contributed by atoms with Crippen molar-refractivity contribution in [2.24, 2.45) is 0 Å². The van der Waals surface area contributed by atoms with Crippen LogP contribution < -0.4 is 9.21 Å². The molecule has 0 N–H and O–H groups in total. The van der Waals surface area contributed by atoms with Crippen LogP contribution in [0.25, 0.3) is 11.1 Å². The van der Waals surface area contributed by atoms with Gasteiger partial charge in [-0.3, -0.25) is 19.0 Å². The summed E-state index contributed by atoms with van der Waals surface area (Å²) in [6.07, 6.45) is 8.16. The second-order valence-electron chi connectivity index (χ2n) is 8.04. The Labute approximate surface area is 179 Å². The number of aromatic nitrogens is 4. The molecule has 2 aromatic heterocycles. The van der Waals surface area contributed by atoms with Crippen molar-refractivity contribution in [3.05, 3.63) is 54.4 Å². The summed E-state index contributed by atoms with van der Waals surface area (Å²) in [4.78, 5) is 32.9. The van der Waals surface area contributed by atoms with Gasteiger partial charge in [-0.25, -0.2) is 15.0 Å². The fourth-order valence-corrected chi connectivity index (χ4v) is 4.86. The third-order valence-electron chi connectivity index (χ3n) is 5.61. The number of hydrogen-bond acceptors (Lipinski definition) is 7. The molecule has 8 heteroatoms. The zero-order chi connectivity index (χ0) is 20.9. The van der Waals surface area contributed by atoms with Gasteiger partial charge in [-0.05, 0) is 56.3 Å². The molecule has 152 valence electrons. The van der Waals surface area contributed by atoms with E-state index in [0.717, 1.165) is 52.7 Å². The number of rotatable bonds is 3. The highest BCUT2D eigenvalue weighted by Gasteiger charge is 2.45. The maximum absolute atomic E-state index is 13.4. The van der Waals surface area contributed by atoms with E-state index in [1.165, 1.54) is 0 Å². The first kappa shape index (κ1) is 19.0. The molecule has 0 spiro atoms. The predicted octanol–water partition coefficient (Wildman–Crippen LogP) is 4.06. The zero-order valence-electron chi connectivity index (χ0n) is 17.2. The van der Waals surface area contributed by atoms with Crippen LogP contribution in [-0.4, -0.2) is 38.1 Å². The molecule has 1 saturated heterocycles. The molecule has 1 amide bonds. The zero-order valence-corrected chi connectivity index (χ0v) is 18.0. The second-order valence-corrected chi connectivity index (χ2v) is 9.15. The van der Waals surface area contributed by atoms with Gasteiger partial charge >= 0.3 is 0 Å². The van der Waals surface area contributed by atoms with Crippen LogP contribution in [-0.2, 0) is 10.2 Å². The number of anilines is 3. The standard InChI is InChI=1S/C22H22N6OS/c1-14-24-10-16(11-25-14)15-5-6-17-18(9-15)28(21(29)22(17,2)3)20-13-23-12-19(26-20)27-7-4-8-30-27/h5-6,9-13H,4,7-8H2,1-3H3. The maximum Gasteiger partial charge on any atom is 0.242 e. The summed E-state index contributed by atoms with van der Waals surface area (Å²) in [5, 5.41) is 0. The number of carbonyl (C=O) groups is 1. The predicted molar refractivity (Wildman–Crippen MR) is 119 cm³/mol. The van der Waals surface area contributed by atoms with Gasteiger partial charge in [0.1, 0.15) is 5.82 Å². The van der Waals surface area contributed by atoms with E-state index in [1.54, 1.807) is 41.6 Å². The summed E-state index contributed by atoms with van der Waals surface area (Å²) < 4.78 is 2.14. The second kappa shape index (κ2) is 7.05. The van der Waals surface area contributed by atoms with Crippen LogP contribution in [0.1, 0.15) is 31.7 Å². The first-order valence-electron chi connectivity index (χ1n) is 9.96. The number of fused-ring (bicyclic) bond motifs is 1. The fourth-order valence-electron chi connectivity index (χ4n) is 3.90. The van der Waals surface area contributed by atoms with Crippen LogP contribution in [0, 0.1) is 6.92 Å². The molecular formula is C22H22N6OS. The van der Waals surface area contributed by atoms with Crippen molar-refractivity contribution >= 4 is 35.2 Å². The molecule has 2 aliphatic rings. The summed E-state index contributed by atoms with van der Waals surface area (Å²) in [5.74, 6) is 3.14. The smallest absolute Gasteiger partial charge is 0.242 e. The lowest BCUT2D eigenvalue weighted by molar-refractivity contribution is -0.121. The summed E-state index contributed by atoms with van der Waals surface area (Å²) in [6.45, 7) is 6.71. The van der Waals surface area contributed by atoms with Crippen molar-refractivity contribution in [3.8, 4) is 11.1 Å². The molecule has 1 fully saturated rings. The van der Waals surface area contributed by atoms with Gasteiger partial charge in [0, 0.05) is 30.3 Å². The molecule has 5 rings (SSSR count). The van der Waals surface area contributed by atoms with Gasteiger partial charge in [-0.1, -0.05) is 12.1 Å². The van der Waals surface area contributed by atoms with E-state index in [2.05, 4.69) is 19.3 Å². The Kier molecular flexibility index (Phi) is 4.47. The van der Waals surface area contributed by atoms with Crippen molar-refractivity contribution in [1.29, 1.82) is 0 Å². The van der Waals surface area contributed by atoms with Crippen molar-refractivity contribution < 1.29 is 4.79 Å². The number of hydrogen-bond donors (Lipinski definition) is 0. The van der Waals surface area contributed by atoms with Gasteiger partial charge in [0.25, 0.3) is 0 Å². The third kappa shape index (κ3) is 3.02. The molecule has 30 heavy (non-hydrogen) atoms. The molecule has 0 radical (unpaired) electrons. The van der Waals surface area contributed by atoms with E-state index in [1.807, 2.05) is 39.0 Å². The van der Waals surface area contributed by atoms with Gasteiger partial charge in [0.2, 0.25) is 5.91 Å². The van der Waals surface area contributed by atoms with E-state index in [9.17, 15) is 4.79 Å². The Morgan fingerprint density at radius 1 is 1.03 bits per heavy atom. The van der Waals surface area contributed by atoms with Crippen LogP contribution in [0.5, 0.6) is 0 Å². The fraction of sp³-hybridized carbons (Fsp3) is 0.318. The Bertz CT molecular complexity index is 1120. The molecule has 2 aliphatic heterocycles. The van der Waals surface area contributed by atoms with Crippen LogP contribution in [0.2, 0.25) is 0 Å². The van der Waals surface area contributed by atoms with E-state index < -0.39 is 5.41 Å². The molecule has 3 aromatic rings.